The Balaban J connectivity index is 1.69. The lowest BCUT2D eigenvalue weighted by Crippen LogP contribution is -2.44. The van der Waals surface area contributed by atoms with Crippen molar-refractivity contribution in [3.8, 4) is 6.07 Å². The SMILES string of the molecule is N#Cc1cccc(Cl)c1N1CCCC(CN2CCOCC2)C1. The molecule has 1 unspecified atom stereocenters. The number of nitriles is 1. The number of rotatable bonds is 3. The van der Waals surface area contributed by atoms with Gasteiger partial charge in [-0.2, -0.15) is 5.26 Å². The van der Waals surface area contributed by atoms with Gasteiger partial charge < -0.3 is 9.64 Å². The third kappa shape index (κ3) is 3.55. The lowest BCUT2D eigenvalue weighted by Gasteiger charge is -2.38. The van der Waals surface area contributed by atoms with Gasteiger partial charge in [-0.05, 0) is 30.9 Å². The number of halogens is 1. The van der Waals surface area contributed by atoms with E-state index < -0.39 is 0 Å². The minimum Gasteiger partial charge on any atom is -0.379 e. The third-order valence-electron chi connectivity index (χ3n) is 4.56. The quantitative estimate of drug-likeness (QED) is 0.859. The smallest absolute Gasteiger partial charge is 0.101 e. The summed E-state index contributed by atoms with van der Waals surface area (Å²) in [4.78, 5) is 4.80. The van der Waals surface area contributed by atoms with E-state index in [9.17, 15) is 5.26 Å². The second-order valence-electron chi connectivity index (χ2n) is 6.12. The number of nitrogens with zero attached hydrogens (tertiary/aromatic N) is 3. The van der Waals surface area contributed by atoms with Gasteiger partial charge in [-0.1, -0.05) is 17.7 Å². The fourth-order valence-electron chi connectivity index (χ4n) is 3.49. The third-order valence-corrected chi connectivity index (χ3v) is 4.87. The van der Waals surface area contributed by atoms with Crippen molar-refractivity contribution >= 4 is 17.3 Å². The van der Waals surface area contributed by atoms with E-state index in [4.69, 9.17) is 16.3 Å². The van der Waals surface area contributed by atoms with Crippen LogP contribution >= 0.6 is 11.6 Å². The maximum Gasteiger partial charge on any atom is 0.101 e. The summed E-state index contributed by atoms with van der Waals surface area (Å²) in [6.07, 6.45) is 2.41. The molecule has 5 heteroatoms. The van der Waals surface area contributed by atoms with E-state index in [0.29, 0.717) is 16.5 Å². The van der Waals surface area contributed by atoms with Gasteiger partial charge in [0.25, 0.3) is 0 Å². The molecule has 2 aliphatic rings. The molecule has 0 radical (unpaired) electrons. The topological polar surface area (TPSA) is 39.5 Å². The van der Waals surface area contributed by atoms with Gasteiger partial charge in [-0.15, -0.1) is 0 Å². The second kappa shape index (κ2) is 7.32. The highest BCUT2D eigenvalue weighted by molar-refractivity contribution is 6.33. The molecule has 2 aliphatic heterocycles. The average molecular weight is 320 g/mol. The predicted octanol–water partition coefficient (Wildman–Crippen LogP) is 2.76. The van der Waals surface area contributed by atoms with Gasteiger partial charge in [0.05, 0.1) is 29.5 Å². The number of hydrogen-bond donors (Lipinski definition) is 0. The fraction of sp³-hybridized carbons (Fsp3) is 0.588. The van der Waals surface area contributed by atoms with E-state index in [1.165, 1.54) is 6.42 Å². The van der Waals surface area contributed by atoms with Crippen LogP contribution in [0.25, 0.3) is 0 Å². The van der Waals surface area contributed by atoms with Crippen LogP contribution < -0.4 is 4.90 Å². The second-order valence-corrected chi connectivity index (χ2v) is 6.52. The van der Waals surface area contributed by atoms with E-state index in [1.54, 1.807) is 0 Å². The normalized spacial score (nSPS) is 23.3. The van der Waals surface area contributed by atoms with Gasteiger partial charge in [0.15, 0.2) is 0 Å². The highest BCUT2D eigenvalue weighted by atomic mass is 35.5. The zero-order valence-corrected chi connectivity index (χ0v) is 13.6. The number of piperidine rings is 1. The number of hydrogen-bond acceptors (Lipinski definition) is 4. The van der Waals surface area contributed by atoms with Crippen molar-refractivity contribution in [1.82, 2.24) is 4.90 Å². The van der Waals surface area contributed by atoms with Crippen LogP contribution in [-0.4, -0.2) is 50.8 Å². The molecule has 0 N–H and O–H groups in total. The summed E-state index contributed by atoms with van der Waals surface area (Å²) >= 11 is 6.36. The Morgan fingerprint density at radius 3 is 2.86 bits per heavy atom. The van der Waals surface area contributed by atoms with Crippen LogP contribution in [0.2, 0.25) is 5.02 Å². The standard InChI is InChI=1S/C17H22ClN3O/c18-16-5-1-4-15(11-19)17(16)21-6-2-3-14(13-21)12-20-7-9-22-10-8-20/h1,4-5,14H,2-3,6-10,12-13H2. The molecular formula is C17H22ClN3O. The monoisotopic (exact) mass is 319 g/mol. The van der Waals surface area contributed by atoms with Crippen LogP contribution in [-0.2, 0) is 4.74 Å². The van der Waals surface area contributed by atoms with Crippen molar-refractivity contribution in [3.63, 3.8) is 0 Å². The fourth-order valence-corrected chi connectivity index (χ4v) is 3.79. The van der Waals surface area contributed by atoms with E-state index in [2.05, 4.69) is 15.9 Å². The molecule has 2 saturated heterocycles. The maximum absolute atomic E-state index is 9.34. The van der Waals surface area contributed by atoms with Gasteiger partial charge in [-0.25, -0.2) is 0 Å². The summed E-state index contributed by atoms with van der Waals surface area (Å²) in [5.41, 5.74) is 1.60. The van der Waals surface area contributed by atoms with Crippen LogP contribution in [0, 0.1) is 17.2 Å². The van der Waals surface area contributed by atoms with Gasteiger partial charge in [0.2, 0.25) is 0 Å². The molecule has 1 aromatic carbocycles. The maximum atomic E-state index is 9.34. The molecule has 0 aromatic heterocycles. The highest BCUT2D eigenvalue weighted by Crippen LogP contribution is 2.33. The first-order valence-electron chi connectivity index (χ1n) is 8.01. The average Bonchev–Trinajstić information content (AvgIpc) is 2.55. The molecule has 4 nitrogen and oxygen atoms in total. The zero-order valence-electron chi connectivity index (χ0n) is 12.8. The van der Waals surface area contributed by atoms with Crippen LogP contribution in [0.15, 0.2) is 18.2 Å². The van der Waals surface area contributed by atoms with Crippen LogP contribution in [0.3, 0.4) is 0 Å². The minimum atomic E-state index is 0.634. The van der Waals surface area contributed by atoms with E-state index in [-0.39, 0.29) is 0 Å². The Kier molecular flexibility index (Phi) is 5.20. The molecule has 2 heterocycles. The predicted molar refractivity (Wildman–Crippen MR) is 88.4 cm³/mol. The van der Waals surface area contributed by atoms with Gasteiger partial charge in [-0.3, -0.25) is 4.90 Å². The van der Waals surface area contributed by atoms with Crippen molar-refractivity contribution in [2.75, 3.05) is 50.8 Å². The summed E-state index contributed by atoms with van der Waals surface area (Å²) in [5.74, 6) is 0.634. The summed E-state index contributed by atoms with van der Waals surface area (Å²) in [6, 6.07) is 7.86. The van der Waals surface area contributed by atoms with E-state index >= 15 is 0 Å². The first kappa shape index (κ1) is 15.6. The molecule has 0 amide bonds. The molecule has 118 valence electrons. The molecular weight excluding hydrogens is 298 g/mol. The Hall–Kier alpha value is -1.28. The van der Waals surface area contributed by atoms with Crippen LogP contribution in [0.5, 0.6) is 0 Å². The van der Waals surface area contributed by atoms with Crippen molar-refractivity contribution in [1.29, 1.82) is 5.26 Å². The molecule has 0 bridgehead atoms. The molecule has 0 aliphatic carbocycles. The summed E-state index contributed by atoms with van der Waals surface area (Å²) in [7, 11) is 0. The number of ether oxygens (including phenoxy) is 1. The number of anilines is 1. The molecule has 1 atom stereocenters. The Bertz CT molecular complexity index is 551. The molecule has 3 rings (SSSR count). The molecule has 2 fully saturated rings. The molecule has 0 spiro atoms. The number of para-hydroxylation sites is 1. The largest absolute Gasteiger partial charge is 0.379 e. The van der Waals surface area contributed by atoms with Gasteiger partial charge in [0, 0.05) is 32.7 Å². The lowest BCUT2D eigenvalue weighted by molar-refractivity contribution is 0.0296. The van der Waals surface area contributed by atoms with Crippen molar-refractivity contribution in [2.24, 2.45) is 5.92 Å². The molecule has 22 heavy (non-hydrogen) atoms. The van der Waals surface area contributed by atoms with Crippen molar-refractivity contribution in [3.05, 3.63) is 28.8 Å². The first-order chi connectivity index (χ1) is 10.8. The first-order valence-corrected chi connectivity index (χ1v) is 8.39. The molecule has 0 saturated carbocycles. The van der Waals surface area contributed by atoms with Crippen LogP contribution in [0.4, 0.5) is 5.69 Å². The van der Waals surface area contributed by atoms with Crippen LogP contribution in [0.1, 0.15) is 18.4 Å². The zero-order chi connectivity index (χ0) is 15.4. The number of benzene rings is 1. The lowest BCUT2D eigenvalue weighted by atomic mass is 9.96. The summed E-state index contributed by atoms with van der Waals surface area (Å²) in [5, 5.41) is 10.0. The van der Waals surface area contributed by atoms with Gasteiger partial charge in [0.1, 0.15) is 6.07 Å². The summed E-state index contributed by atoms with van der Waals surface area (Å²) < 4.78 is 5.42. The Morgan fingerprint density at radius 2 is 2.09 bits per heavy atom. The van der Waals surface area contributed by atoms with E-state index in [1.807, 2.05) is 18.2 Å². The summed E-state index contributed by atoms with van der Waals surface area (Å²) in [6.45, 7) is 6.84. The Morgan fingerprint density at radius 1 is 1.27 bits per heavy atom. The van der Waals surface area contributed by atoms with Gasteiger partial charge >= 0.3 is 0 Å². The molecule has 1 aromatic rings. The Labute approximate surface area is 137 Å². The van der Waals surface area contributed by atoms with E-state index in [0.717, 1.165) is 58.0 Å². The highest BCUT2D eigenvalue weighted by Gasteiger charge is 2.25. The van der Waals surface area contributed by atoms with Crippen molar-refractivity contribution in [2.45, 2.75) is 12.8 Å². The van der Waals surface area contributed by atoms with Crippen molar-refractivity contribution < 1.29 is 4.74 Å². The number of morpholine rings is 1. The minimum absolute atomic E-state index is 0.634.